The molecule has 0 aliphatic carbocycles. The van der Waals surface area contributed by atoms with Crippen LogP contribution in [0.4, 0.5) is 10.9 Å². The first-order valence-electron chi connectivity index (χ1n) is 6.07. The summed E-state index contributed by atoms with van der Waals surface area (Å²) in [6, 6.07) is 0. The maximum atomic E-state index is 11.8. The van der Waals surface area contributed by atoms with Gasteiger partial charge >= 0.3 is 0 Å². The molecule has 0 saturated heterocycles. The normalized spacial score (nSPS) is 10.0. The molecule has 1 rings (SSSR count). The maximum absolute atomic E-state index is 11.8. The monoisotopic (exact) mass is 285 g/mol. The molecule has 7 nitrogen and oxygen atoms in total. The fraction of sp³-hybridized carbons (Fsp3) is 0.545. The molecule has 0 saturated carbocycles. The van der Waals surface area contributed by atoms with E-state index in [2.05, 4.69) is 20.9 Å². The molecule has 0 bridgehead atoms. The second-order valence-electron chi connectivity index (χ2n) is 3.90. The Balaban J connectivity index is 2.47. The smallest absolute Gasteiger partial charge is 0.265 e. The van der Waals surface area contributed by atoms with Crippen molar-refractivity contribution in [3.8, 4) is 0 Å². The molecule has 0 atom stereocenters. The number of anilines is 2. The van der Waals surface area contributed by atoms with Crippen LogP contribution in [0.3, 0.4) is 0 Å². The number of thiazole rings is 1. The predicted octanol–water partition coefficient (Wildman–Crippen LogP) is 0.413. The van der Waals surface area contributed by atoms with Gasteiger partial charge in [0, 0.05) is 26.6 Å². The minimum atomic E-state index is -0.273. The van der Waals surface area contributed by atoms with E-state index in [1.165, 1.54) is 18.3 Å². The van der Waals surface area contributed by atoms with E-state index in [0.29, 0.717) is 23.1 Å². The first-order chi connectivity index (χ1) is 9.04. The highest BCUT2D eigenvalue weighted by Gasteiger charge is 2.15. The van der Waals surface area contributed by atoms with E-state index in [4.69, 9.17) is 5.73 Å². The SMILES string of the molecule is CCCNc1nc(N)c(C(=O)NCCNC(C)=O)s1. The van der Waals surface area contributed by atoms with E-state index in [9.17, 15) is 9.59 Å². The quantitative estimate of drug-likeness (QED) is 0.543. The van der Waals surface area contributed by atoms with E-state index in [-0.39, 0.29) is 17.6 Å². The lowest BCUT2D eigenvalue weighted by Gasteiger charge is -2.04. The van der Waals surface area contributed by atoms with Crippen molar-refractivity contribution in [3.05, 3.63) is 4.88 Å². The van der Waals surface area contributed by atoms with Crippen molar-refractivity contribution >= 4 is 34.1 Å². The number of nitrogens with two attached hydrogens (primary N) is 1. The van der Waals surface area contributed by atoms with E-state index in [1.807, 2.05) is 6.92 Å². The summed E-state index contributed by atoms with van der Waals surface area (Å²) in [6.45, 7) is 5.00. The average molecular weight is 285 g/mol. The first kappa shape index (κ1) is 15.2. The van der Waals surface area contributed by atoms with Gasteiger partial charge in [0.1, 0.15) is 10.7 Å². The molecule has 0 unspecified atom stereocenters. The Morgan fingerprint density at radius 2 is 1.95 bits per heavy atom. The topological polar surface area (TPSA) is 109 Å². The second-order valence-corrected chi connectivity index (χ2v) is 4.90. The number of hydrogen-bond acceptors (Lipinski definition) is 6. The number of nitrogens with zero attached hydrogens (tertiary/aromatic N) is 1. The number of carbonyl (C=O) groups excluding carboxylic acids is 2. The molecule has 1 aromatic heterocycles. The van der Waals surface area contributed by atoms with Crippen molar-refractivity contribution in [1.82, 2.24) is 15.6 Å². The molecule has 0 spiro atoms. The van der Waals surface area contributed by atoms with E-state index >= 15 is 0 Å². The third-order valence-electron chi connectivity index (χ3n) is 2.17. The minimum Gasteiger partial charge on any atom is -0.382 e. The lowest BCUT2D eigenvalue weighted by atomic mass is 10.4. The lowest BCUT2D eigenvalue weighted by molar-refractivity contribution is -0.118. The van der Waals surface area contributed by atoms with E-state index < -0.39 is 0 Å². The maximum Gasteiger partial charge on any atom is 0.265 e. The van der Waals surface area contributed by atoms with Crippen LogP contribution in [-0.2, 0) is 4.79 Å². The predicted molar refractivity (Wildman–Crippen MR) is 76.3 cm³/mol. The molecule has 1 aromatic rings. The highest BCUT2D eigenvalue weighted by Crippen LogP contribution is 2.24. The van der Waals surface area contributed by atoms with Crippen LogP contribution in [0.5, 0.6) is 0 Å². The summed E-state index contributed by atoms with van der Waals surface area (Å²) in [6.07, 6.45) is 0.970. The molecule has 1 heterocycles. The molecule has 0 aliphatic rings. The Morgan fingerprint density at radius 1 is 1.26 bits per heavy atom. The molecule has 0 fully saturated rings. The van der Waals surface area contributed by atoms with Crippen LogP contribution in [0.15, 0.2) is 0 Å². The highest BCUT2D eigenvalue weighted by molar-refractivity contribution is 7.18. The molecule has 5 N–H and O–H groups in total. The number of nitrogens with one attached hydrogen (secondary N) is 3. The Bertz CT molecular complexity index is 446. The van der Waals surface area contributed by atoms with Crippen LogP contribution in [0.25, 0.3) is 0 Å². The fourth-order valence-corrected chi connectivity index (χ4v) is 2.12. The lowest BCUT2D eigenvalue weighted by Crippen LogP contribution is -2.33. The van der Waals surface area contributed by atoms with Gasteiger partial charge in [-0.25, -0.2) is 4.98 Å². The highest BCUT2D eigenvalue weighted by atomic mass is 32.1. The van der Waals surface area contributed by atoms with Crippen molar-refractivity contribution < 1.29 is 9.59 Å². The molecule has 0 aliphatic heterocycles. The Labute approximate surface area is 116 Å². The van der Waals surface area contributed by atoms with Crippen molar-refractivity contribution in [2.45, 2.75) is 20.3 Å². The Morgan fingerprint density at radius 3 is 2.58 bits per heavy atom. The van der Waals surface area contributed by atoms with Gasteiger partial charge in [-0.2, -0.15) is 0 Å². The summed E-state index contributed by atoms with van der Waals surface area (Å²) in [4.78, 5) is 27.0. The van der Waals surface area contributed by atoms with Gasteiger partial charge in [0.2, 0.25) is 5.91 Å². The van der Waals surface area contributed by atoms with Gasteiger partial charge in [0.05, 0.1) is 0 Å². The summed E-state index contributed by atoms with van der Waals surface area (Å²) in [7, 11) is 0. The summed E-state index contributed by atoms with van der Waals surface area (Å²) < 4.78 is 0. The van der Waals surface area contributed by atoms with Gasteiger partial charge in [-0.1, -0.05) is 18.3 Å². The second kappa shape index (κ2) is 7.57. The molecular formula is C11H19N5O2S. The summed E-state index contributed by atoms with van der Waals surface area (Å²) in [5.41, 5.74) is 5.70. The summed E-state index contributed by atoms with van der Waals surface area (Å²) in [5.74, 6) is -0.178. The van der Waals surface area contributed by atoms with Gasteiger partial charge in [0.15, 0.2) is 5.13 Å². The van der Waals surface area contributed by atoms with Gasteiger partial charge in [-0.3, -0.25) is 9.59 Å². The van der Waals surface area contributed by atoms with Crippen LogP contribution in [0.2, 0.25) is 0 Å². The molecule has 8 heteroatoms. The van der Waals surface area contributed by atoms with Crippen LogP contribution in [0.1, 0.15) is 29.9 Å². The van der Waals surface area contributed by atoms with Crippen molar-refractivity contribution in [2.75, 3.05) is 30.7 Å². The number of nitrogen functional groups attached to an aromatic ring is 1. The zero-order valence-corrected chi connectivity index (χ0v) is 11.9. The third kappa shape index (κ3) is 5.12. The van der Waals surface area contributed by atoms with Crippen molar-refractivity contribution in [2.24, 2.45) is 0 Å². The fourth-order valence-electron chi connectivity index (χ4n) is 1.30. The number of amides is 2. The van der Waals surface area contributed by atoms with E-state index in [0.717, 1.165) is 13.0 Å². The number of rotatable bonds is 7. The van der Waals surface area contributed by atoms with Crippen LogP contribution in [-0.4, -0.2) is 36.4 Å². The van der Waals surface area contributed by atoms with E-state index in [1.54, 1.807) is 0 Å². The van der Waals surface area contributed by atoms with Crippen molar-refractivity contribution in [3.63, 3.8) is 0 Å². The molecule has 0 radical (unpaired) electrons. The molecular weight excluding hydrogens is 266 g/mol. The Hall–Kier alpha value is -1.83. The largest absolute Gasteiger partial charge is 0.382 e. The zero-order chi connectivity index (χ0) is 14.3. The Kier molecular flexibility index (Phi) is 6.07. The molecule has 19 heavy (non-hydrogen) atoms. The first-order valence-corrected chi connectivity index (χ1v) is 6.89. The van der Waals surface area contributed by atoms with Gasteiger partial charge < -0.3 is 21.7 Å². The number of hydrogen-bond donors (Lipinski definition) is 4. The molecule has 106 valence electrons. The van der Waals surface area contributed by atoms with Crippen LogP contribution >= 0.6 is 11.3 Å². The van der Waals surface area contributed by atoms with Crippen molar-refractivity contribution in [1.29, 1.82) is 0 Å². The number of aromatic nitrogens is 1. The standard InChI is InChI=1S/C11H19N5O2S/c1-3-4-15-11-16-9(12)8(19-11)10(18)14-6-5-13-7(2)17/h3-6,12H2,1-2H3,(H,13,17)(H,14,18)(H,15,16). The minimum absolute atomic E-state index is 0.127. The van der Waals surface area contributed by atoms with Gasteiger partial charge in [0.25, 0.3) is 5.91 Å². The van der Waals surface area contributed by atoms with Crippen LogP contribution in [0, 0.1) is 0 Å². The average Bonchev–Trinajstić information content (AvgIpc) is 2.73. The molecule has 0 aromatic carbocycles. The zero-order valence-electron chi connectivity index (χ0n) is 11.1. The van der Waals surface area contributed by atoms with Gasteiger partial charge in [-0.15, -0.1) is 0 Å². The number of carbonyl (C=O) groups is 2. The molecule has 2 amide bonds. The van der Waals surface area contributed by atoms with Gasteiger partial charge in [-0.05, 0) is 6.42 Å². The summed E-state index contributed by atoms with van der Waals surface area (Å²) in [5, 5.41) is 8.99. The summed E-state index contributed by atoms with van der Waals surface area (Å²) >= 11 is 1.23. The van der Waals surface area contributed by atoms with Crippen LogP contribution < -0.4 is 21.7 Å². The third-order valence-corrected chi connectivity index (χ3v) is 3.20.